The molecule has 0 radical (unpaired) electrons. The van der Waals surface area contributed by atoms with Crippen LogP contribution in [-0.2, 0) is 4.74 Å². The Balaban J connectivity index is 1.58. The van der Waals surface area contributed by atoms with Crippen molar-refractivity contribution in [3.05, 3.63) is 0 Å². The molecule has 0 heterocycles. The third kappa shape index (κ3) is 5.31. The number of carbonyl (C=O) groups is 1. The lowest BCUT2D eigenvalue weighted by molar-refractivity contribution is 0.0505. The van der Waals surface area contributed by atoms with Crippen LogP contribution in [0.5, 0.6) is 0 Å². The fraction of sp³-hybridized carbons (Fsp3) is 0.938. The summed E-state index contributed by atoms with van der Waals surface area (Å²) >= 11 is 0. The Morgan fingerprint density at radius 2 is 1.85 bits per heavy atom. The van der Waals surface area contributed by atoms with Gasteiger partial charge in [0.05, 0.1) is 0 Å². The lowest BCUT2D eigenvalue weighted by Crippen LogP contribution is -2.39. The molecule has 2 aliphatic carbocycles. The largest absolute Gasteiger partial charge is 0.444 e. The Hall–Kier alpha value is -0.770. The quantitative estimate of drug-likeness (QED) is 0.814. The molecule has 2 aliphatic rings. The molecule has 2 rings (SSSR count). The molecule has 2 atom stereocenters. The van der Waals surface area contributed by atoms with Crippen LogP contribution in [0.25, 0.3) is 0 Å². The van der Waals surface area contributed by atoms with E-state index in [1.807, 2.05) is 20.8 Å². The molecule has 1 amide bonds. The summed E-state index contributed by atoms with van der Waals surface area (Å²) in [5.74, 6) is 0.972. The maximum atomic E-state index is 11.7. The van der Waals surface area contributed by atoms with Gasteiger partial charge in [-0.25, -0.2) is 4.79 Å². The van der Waals surface area contributed by atoms with Crippen LogP contribution in [0.3, 0.4) is 0 Å². The van der Waals surface area contributed by atoms with Gasteiger partial charge in [0, 0.05) is 12.1 Å². The SMILES string of the molecule is CC(C)(C)OC(=O)NC1CCC(NCCC2CCC2)C1. The maximum absolute atomic E-state index is 11.7. The molecule has 4 nitrogen and oxygen atoms in total. The van der Waals surface area contributed by atoms with Crippen LogP contribution in [-0.4, -0.2) is 30.3 Å². The highest BCUT2D eigenvalue weighted by Crippen LogP contribution is 2.29. The average Bonchev–Trinajstić information content (AvgIpc) is 2.66. The van der Waals surface area contributed by atoms with E-state index >= 15 is 0 Å². The molecule has 0 aliphatic heterocycles. The van der Waals surface area contributed by atoms with Gasteiger partial charge < -0.3 is 15.4 Å². The Kier molecular flexibility index (Phi) is 5.30. The number of nitrogens with one attached hydrogen (secondary N) is 2. The predicted molar refractivity (Wildman–Crippen MR) is 80.8 cm³/mol. The molecule has 4 heteroatoms. The first-order chi connectivity index (χ1) is 9.42. The van der Waals surface area contributed by atoms with Gasteiger partial charge in [0.15, 0.2) is 0 Å². The van der Waals surface area contributed by atoms with E-state index in [0.29, 0.717) is 6.04 Å². The van der Waals surface area contributed by atoms with Crippen LogP contribution in [0.15, 0.2) is 0 Å². The third-order valence-electron chi connectivity index (χ3n) is 4.36. The zero-order valence-electron chi connectivity index (χ0n) is 13.2. The lowest BCUT2D eigenvalue weighted by atomic mass is 9.83. The van der Waals surface area contributed by atoms with E-state index in [1.54, 1.807) is 0 Å². The first kappa shape index (κ1) is 15.6. The summed E-state index contributed by atoms with van der Waals surface area (Å²) in [6.45, 7) is 6.82. The Labute approximate surface area is 123 Å². The van der Waals surface area contributed by atoms with Crippen LogP contribution in [0, 0.1) is 5.92 Å². The molecular formula is C16H30N2O2. The van der Waals surface area contributed by atoms with Crippen LogP contribution in [0.2, 0.25) is 0 Å². The Morgan fingerprint density at radius 3 is 2.45 bits per heavy atom. The standard InChI is InChI=1S/C16H30N2O2/c1-16(2,3)20-15(19)18-14-8-7-13(11-14)17-10-9-12-5-4-6-12/h12-14,17H,4-11H2,1-3H3,(H,18,19). The van der Waals surface area contributed by atoms with E-state index in [1.165, 1.54) is 25.7 Å². The zero-order chi connectivity index (χ0) is 14.6. The first-order valence-corrected chi connectivity index (χ1v) is 8.15. The van der Waals surface area contributed by atoms with Gasteiger partial charge in [0.25, 0.3) is 0 Å². The summed E-state index contributed by atoms with van der Waals surface area (Å²) in [4.78, 5) is 11.7. The predicted octanol–water partition coefficient (Wildman–Crippen LogP) is 3.21. The van der Waals surface area contributed by atoms with Crippen LogP contribution in [0.1, 0.15) is 65.7 Å². The molecule has 0 aromatic rings. The van der Waals surface area contributed by atoms with Gasteiger partial charge in [0.1, 0.15) is 5.60 Å². The first-order valence-electron chi connectivity index (χ1n) is 8.15. The zero-order valence-corrected chi connectivity index (χ0v) is 13.2. The molecule has 0 bridgehead atoms. The molecule has 2 unspecified atom stereocenters. The number of amides is 1. The number of hydrogen-bond acceptors (Lipinski definition) is 3. The topological polar surface area (TPSA) is 50.4 Å². The minimum Gasteiger partial charge on any atom is -0.444 e. The second kappa shape index (κ2) is 6.79. The van der Waals surface area contributed by atoms with Crippen molar-refractivity contribution in [3.8, 4) is 0 Å². The molecule has 0 aromatic carbocycles. The second-order valence-corrected chi connectivity index (χ2v) is 7.39. The van der Waals surface area contributed by atoms with Gasteiger partial charge >= 0.3 is 6.09 Å². The molecule has 0 saturated heterocycles. The molecule has 2 N–H and O–H groups in total. The van der Waals surface area contributed by atoms with E-state index in [0.717, 1.165) is 31.7 Å². The van der Waals surface area contributed by atoms with Crippen LogP contribution >= 0.6 is 0 Å². The minimum atomic E-state index is -0.414. The lowest BCUT2D eigenvalue weighted by Gasteiger charge is -2.26. The number of ether oxygens (including phenoxy) is 1. The number of carbonyl (C=O) groups excluding carboxylic acids is 1. The summed E-state index contributed by atoms with van der Waals surface area (Å²) in [7, 11) is 0. The molecule has 116 valence electrons. The van der Waals surface area contributed by atoms with Crippen molar-refractivity contribution in [2.45, 2.75) is 83.4 Å². The van der Waals surface area contributed by atoms with E-state index in [2.05, 4.69) is 10.6 Å². The summed E-state index contributed by atoms with van der Waals surface area (Å²) in [5, 5.41) is 6.63. The van der Waals surface area contributed by atoms with Crippen molar-refractivity contribution in [2.75, 3.05) is 6.54 Å². The summed E-state index contributed by atoms with van der Waals surface area (Å²) in [6, 6.07) is 0.834. The molecule has 0 aromatic heterocycles. The van der Waals surface area contributed by atoms with Gasteiger partial charge in [-0.15, -0.1) is 0 Å². The van der Waals surface area contributed by atoms with Crippen molar-refractivity contribution >= 4 is 6.09 Å². The Bertz CT molecular complexity index is 321. The van der Waals surface area contributed by atoms with Gasteiger partial charge in [-0.1, -0.05) is 19.3 Å². The Morgan fingerprint density at radius 1 is 1.15 bits per heavy atom. The van der Waals surface area contributed by atoms with E-state index in [9.17, 15) is 4.79 Å². The van der Waals surface area contributed by atoms with E-state index in [-0.39, 0.29) is 12.1 Å². The third-order valence-corrected chi connectivity index (χ3v) is 4.36. The highest BCUT2D eigenvalue weighted by molar-refractivity contribution is 5.68. The number of rotatable bonds is 5. The molecular weight excluding hydrogens is 252 g/mol. The van der Waals surface area contributed by atoms with Crippen molar-refractivity contribution in [1.82, 2.24) is 10.6 Å². The van der Waals surface area contributed by atoms with Crippen LogP contribution in [0.4, 0.5) is 4.79 Å². The van der Waals surface area contributed by atoms with Crippen molar-refractivity contribution in [1.29, 1.82) is 0 Å². The fourth-order valence-electron chi connectivity index (χ4n) is 3.05. The highest BCUT2D eigenvalue weighted by atomic mass is 16.6. The van der Waals surface area contributed by atoms with E-state index < -0.39 is 5.60 Å². The molecule has 20 heavy (non-hydrogen) atoms. The maximum Gasteiger partial charge on any atom is 0.407 e. The van der Waals surface area contributed by atoms with Gasteiger partial charge in [-0.3, -0.25) is 0 Å². The molecule has 2 saturated carbocycles. The van der Waals surface area contributed by atoms with E-state index in [4.69, 9.17) is 4.74 Å². The summed E-state index contributed by atoms with van der Waals surface area (Å²) in [5.41, 5.74) is -0.414. The van der Waals surface area contributed by atoms with Crippen molar-refractivity contribution in [3.63, 3.8) is 0 Å². The summed E-state index contributed by atoms with van der Waals surface area (Å²) in [6.07, 6.45) is 8.56. The normalized spacial score (nSPS) is 27.1. The number of hydrogen-bond donors (Lipinski definition) is 2. The van der Waals surface area contributed by atoms with Crippen molar-refractivity contribution < 1.29 is 9.53 Å². The average molecular weight is 282 g/mol. The second-order valence-electron chi connectivity index (χ2n) is 7.39. The van der Waals surface area contributed by atoms with Gasteiger partial charge in [-0.05, 0) is 58.9 Å². The van der Waals surface area contributed by atoms with Crippen LogP contribution < -0.4 is 10.6 Å². The molecule has 0 spiro atoms. The smallest absolute Gasteiger partial charge is 0.407 e. The highest BCUT2D eigenvalue weighted by Gasteiger charge is 2.27. The number of alkyl carbamates (subject to hydrolysis) is 1. The van der Waals surface area contributed by atoms with Crippen molar-refractivity contribution in [2.24, 2.45) is 5.92 Å². The molecule has 2 fully saturated rings. The minimum absolute atomic E-state index is 0.269. The fourth-order valence-corrected chi connectivity index (χ4v) is 3.05. The van der Waals surface area contributed by atoms with Gasteiger partial charge in [0.2, 0.25) is 0 Å². The van der Waals surface area contributed by atoms with Gasteiger partial charge in [-0.2, -0.15) is 0 Å². The summed E-state index contributed by atoms with van der Waals surface area (Å²) < 4.78 is 5.30. The monoisotopic (exact) mass is 282 g/mol.